The number of ether oxygens (including phenoxy) is 2. The van der Waals surface area contributed by atoms with Crippen molar-refractivity contribution in [2.45, 2.75) is 25.8 Å². The number of methoxy groups -OCH3 is 2. The molecule has 0 fully saturated rings. The van der Waals surface area contributed by atoms with Crippen LogP contribution in [0.1, 0.15) is 24.3 Å². The van der Waals surface area contributed by atoms with Crippen molar-refractivity contribution in [1.82, 2.24) is 15.5 Å². The molecule has 0 bridgehead atoms. The fourth-order valence-electron chi connectivity index (χ4n) is 2.73. The third kappa shape index (κ3) is 5.09. The fraction of sp³-hybridized carbons (Fsp3) is 0.286. The van der Waals surface area contributed by atoms with E-state index in [4.69, 9.17) is 14.0 Å². The van der Waals surface area contributed by atoms with Crippen LogP contribution in [-0.4, -0.2) is 30.3 Å². The predicted molar refractivity (Wildman–Crippen MR) is 104 cm³/mol. The number of rotatable bonds is 9. The van der Waals surface area contributed by atoms with Crippen LogP contribution in [-0.2, 0) is 17.8 Å². The van der Waals surface area contributed by atoms with Crippen LogP contribution in [0.2, 0.25) is 0 Å². The molecule has 0 aliphatic heterocycles. The minimum absolute atomic E-state index is 0.00322. The van der Waals surface area contributed by atoms with Crippen LogP contribution < -0.4 is 14.8 Å². The van der Waals surface area contributed by atoms with E-state index in [1.54, 1.807) is 26.4 Å². The molecule has 0 spiro atoms. The van der Waals surface area contributed by atoms with Crippen molar-refractivity contribution in [3.63, 3.8) is 0 Å². The number of carbonyl (C=O) groups is 1. The molecule has 0 radical (unpaired) electrons. The zero-order valence-electron chi connectivity index (χ0n) is 16.0. The lowest BCUT2D eigenvalue weighted by Crippen LogP contribution is -2.22. The van der Waals surface area contributed by atoms with E-state index in [-0.39, 0.29) is 5.91 Å². The molecule has 1 N–H and O–H groups in total. The standard InChI is InChI=1S/C21H23N3O4/c1-26-17-12-11-16(13-18(17)27-2)21-23-20(28-24-21)10-6-9-19(25)22-14-15-7-4-3-5-8-15/h3-5,7-8,11-13H,6,9-10,14H2,1-2H3,(H,22,25). The average molecular weight is 381 g/mol. The summed E-state index contributed by atoms with van der Waals surface area (Å²) in [6.45, 7) is 0.531. The third-order valence-electron chi connectivity index (χ3n) is 4.24. The number of carbonyl (C=O) groups excluding carboxylic acids is 1. The second-order valence-corrected chi connectivity index (χ2v) is 6.20. The first kappa shape index (κ1) is 19.4. The van der Waals surface area contributed by atoms with E-state index in [1.807, 2.05) is 36.4 Å². The Labute approximate surface area is 163 Å². The Hall–Kier alpha value is -3.35. The highest BCUT2D eigenvalue weighted by molar-refractivity contribution is 5.75. The van der Waals surface area contributed by atoms with Crippen molar-refractivity contribution in [3.8, 4) is 22.9 Å². The van der Waals surface area contributed by atoms with Gasteiger partial charge in [0.05, 0.1) is 14.2 Å². The Morgan fingerprint density at radius 2 is 1.86 bits per heavy atom. The minimum Gasteiger partial charge on any atom is -0.493 e. The van der Waals surface area contributed by atoms with Crippen LogP contribution in [0.25, 0.3) is 11.4 Å². The van der Waals surface area contributed by atoms with Crippen molar-refractivity contribution in [1.29, 1.82) is 0 Å². The molecule has 0 aliphatic carbocycles. The number of benzene rings is 2. The second-order valence-electron chi connectivity index (χ2n) is 6.20. The van der Waals surface area contributed by atoms with Crippen LogP contribution in [0, 0.1) is 0 Å². The van der Waals surface area contributed by atoms with Crippen LogP contribution in [0.15, 0.2) is 53.1 Å². The molecular formula is C21H23N3O4. The summed E-state index contributed by atoms with van der Waals surface area (Å²) in [7, 11) is 3.16. The first-order chi connectivity index (χ1) is 13.7. The summed E-state index contributed by atoms with van der Waals surface area (Å²) in [6.07, 6.45) is 1.58. The van der Waals surface area contributed by atoms with Gasteiger partial charge in [-0.15, -0.1) is 0 Å². The number of nitrogens with one attached hydrogen (secondary N) is 1. The van der Waals surface area contributed by atoms with Crippen molar-refractivity contribution >= 4 is 5.91 Å². The van der Waals surface area contributed by atoms with Crippen molar-refractivity contribution in [2.75, 3.05) is 14.2 Å². The van der Waals surface area contributed by atoms with Crippen molar-refractivity contribution in [3.05, 3.63) is 60.0 Å². The van der Waals surface area contributed by atoms with Gasteiger partial charge in [0, 0.05) is 24.9 Å². The Kier molecular flexibility index (Phi) is 6.62. The Morgan fingerprint density at radius 3 is 2.61 bits per heavy atom. The number of aryl methyl sites for hydroxylation is 1. The molecule has 7 heteroatoms. The molecule has 0 saturated carbocycles. The lowest BCUT2D eigenvalue weighted by Gasteiger charge is -2.07. The molecule has 1 aromatic heterocycles. The SMILES string of the molecule is COc1ccc(-c2noc(CCCC(=O)NCc3ccccc3)n2)cc1OC. The first-order valence-electron chi connectivity index (χ1n) is 9.05. The molecule has 2 aromatic carbocycles. The first-order valence-corrected chi connectivity index (χ1v) is 9.05. The van der Waals surface area contributed by atoms with E-state index in [2.05, 4.69) is 15.5 Å². The van der Waals surface area contributed by atoms with Gasteiger partial charge < -0.3 is 19.3 Å². The van der Waals surface area contributed by atoms with E-state index in [9.17, 15) is 4.79 Å². The van der Waals surface area contributed by atoms with Crippen LogP contribution >= 0.6 is 0 Å². The van der Waals surface area contributed by atoms with E-state index >= 15 is 0 Å². The molecule has 146 valence electrons. The highest BCUT2D eigenvalue weighted by atomic mass is 16.5. The summed E-state index contributed by atoms with van der Waals surface area (Å²) in [6, 6.07) is 15.2. The lowest BCUT2D eigenvalue weighted by atomic mass is 10.2. The quantitative estimate of drug-likeness (QED) is 0.611. The largest absolute Gasteiger partial charge is 0.493 e. The third-order valence-corrected chi connectivity index (χ3v) is 4.24. The number of hydrogen-bond donors (Lipinski definition) is 1. The summed E-state index contributed by atoms with van der Waals surface area (Å²) < 4.78 is 15.8. The van der Waals surface area contributed by atoms with Crippen LogP contribution in [0.3, 0.4) is 0 Å². The number of aromatic nitrogens is 2. The summed E-state index contributed by atoms with van der Waals surface area (Å²) in [4.78, 5) is 16.4. The predicted octanol–water partition coefficient (Wildman–Crippen LogP) is 3.39. The molecule has 0 atom stereocenters. The normalized spacial score (nSPS) is 10.5. The zero-order valence-corrected chi connectivity index (χ0v) is 16.0. The van der Waals surface area contributed by atoms with Crippen LogP contribution in [0.4, 0.5) is 0 Å². The molecule has 0 saturated heterocycles. The second kappa shape index (κ2) is 9.55. The fourth-order valence-corrected chi connectivity index (χ4v) is 2.73. The Balaban J connectivity index is 1.49. The van der Waals surface area contributed by atoms with Gasteiger partial charge in [-0.3, -0.25) is 4.79 Å². The van der Waals surface area contributed by atoms with Gasteiger partial charge in [-0.05, 0) is 30.2 Å². The molecule has 0 unspecified atom stereocenters. The Bertz CT molecular complexity index is 909. The maximum absolute atomic E-state index is 12.0. The lowest BCUT2D eigenvalue weighted by molar-refractivity contribution is -0.121. The minimum atomic E-state index is 0.00322. The number of nitrogens with zero attached hydrogens (tertiary/aromatic N) is 2. The number of hydrogen-bond acceptors (Lipinski definition) is 6. The summed E-state index contributed by atoms with van der Waals surface area (Å²) in [5.74, 6) is 2.21. The van der Waals surface area contributed by atoms with Gasteiger partial charge in [0.15, 0.2) is 11.5 Å². The highest BCUT2D eigenvalue weighted by Gasteiger charge is 2.12. The van der Waals surface area contributed by atoms with E-state index < -0.39 is 0 Å². The molecule has 3 rings (SSSR count). The van der Waals surface area contributed by atoms with Crippen LogP contribution in [0.5, 0.6) is 11.5 Å². The summed E-state index contributed by atoms with van der Waals surface area (Å²) >= 11 is 0. The Morgan fingerprint density at radius 1 is 1.07 bits per heavy atom. The maximum atomic E-state index is 12.0. The zero-order chi connectivity index (χ0) is 19.8. The highest BCUT2D eigenvalue weighted by Crippen LogP contribution is 2.31. The molecule has 1 amide bonds. The molecule has 7 nitrogen and oxygen atoms in total. The van der Waals surface area contributed by atoms with Gasteiger partial charge in [-0.2, -0.15) is 4.98 Å². The molecular weight excluding hydrogens is 358 g/mol. The van der Waals surface area contributed by atoms with E-state index in [1.165, 1.54) is 0 Å². The van der Waals surface area contributed by atoms with E-state index in [0.717, 1.165) is 11.1 Å². The maximum Gasteiger partial charge on any atom is 0.226 e. The van der Waals surface area contributed by atoms with Crippen molar-refractivity contribution < 1.29 is 18.8 Å². The van der Waals surface area contributed by atoms with Gasteiger partial charge in [0.2, 0.25) is 17.6 Å². The van der Waals surface area contributed by atoms with Crippen molar-refractivity contribution in [2.24, 2.45) is 0 Å². The van der Waals surface area contributed by atoms with E-state index in [0.29, 0.717) is 49.0 Å². The van der Waals surface area contributed by atoms with Gasteiger partial charge >= 0.3 is 0 Å². The van der Waals surface area contributed by atoms with Gasteiger partial charge in [-0.25, -0.2) is 0 Å². The molecule has 3 aromatic rings. The average Bonchev–Trinajstić information content (AvgIpc) is 3.21. The van der Waals surface area contributed by atoms with Gasteiger partial charge in [0.25, 0.3) is 0 Å². The summed E-state index contributed by atoms with van der Waals surface area (Å²) in [5.41, 5.74) is 1.85. The van der Waals surface area contributed by atoms with Gasteiger partial charge in [0.1, 0.15) is 0 Å². The summed E-state index contributed by atoms with van der Waals surface area (Å²) in [5, 5.41) is 6.92. The molecule has 1 heterocycles. The topological polar surface area (TPSA) is 86.5 Å². The van der Waals surface area contributed by atoms with Gasteiger partial charge in [-0.1, -0.05) is 35.5 Å². The monoisotopic (exact) mass is 381 g/mol. The number of amides is 1. The smallest absolute Gasteiger partial charge is 0.226 e. The molecule has 28 heavy (non-hydrogen) atoms. The molecule has 0 aliphatic rings.